The fourth-order valence-corrected chi connectivity index (χ4v) is 1.85. The molecule has 0 unspecified atom stereocenters. The van der Waals surface area contributed by atoms with Crippen LogP contribution >= 0.6 is 11.9 Å². The molecule has 0 saturated carbocycles. The fraction of sp³-hybridized carbons (Fsp3) is 0.467. The van der Waals surface area contributed by atoms with Gasteiger partial charge in [-0.3, -0.25) is 24.8 Å². The summed E-state index contributed by atoms with van der Waals surface area (Å²) in [6.45, 7) is 0.543. The van der Waals surface area contributed by atoms with Gasteiger partial charge in [0.05, 0.1) is 12.0 Å². The van der Waals surface area contributed by atoms with E-state index in [4.69, 9.17) is 10.9 Å². The molecule has 0 spiro atoms. The van der Waals surface area contributed by atoms with E-state index in [-0.39, 0.29) is 23.8 Å². The number of carbonyl (C=O) groups excluding carboxylic acids is 3. The number of nitrogen functional groups attached to an aromatic ring is 1. The number of aromatic nitrogens is 1. The van der Waals surface area contributed by atoms with Crippen LogP contribution in [0.1, 0.15) is 25.7 Å². The molecule has 12 heteroatoms. The number of ketones is 1. The molecule has 1 heterocycles. The first kappa shape index (κ1) is 24.3. The molecule has 0 aliphatic rings. The van der Waals surface area contributed by atoms with Crippen molar-refractivity contribution in [3.05, 3.63) is 28.4 Å². The smallest absolute Gasteiger partial charge is 0.374 e. The number of nitro groups is 1. The van der Waals surface area contributed by atoms with Gasteiger partial charge in [0, 0.05) is 31.2 Å². The van der Waals surface area contributed by atoms with E-state index in [1.54, 1.807) is 0 Å². The minimum Gasteiger partial charge on any atom is -0.463 e. The number of carbonyl (C=O) groups is 3. The number of nitrogens with zero attached hydrogens (tertiary/aromatic N) is 2. The molecule has 1 amide bonds. The van der Waals surface area contributed by atoms with E-state index in [0.717, 1.165) is 6.20 Å². The lowest BCUT2D eigenvalue weighted by Gasteiger charge is -2.03. The predicted octanol–water partition coefficient (Wildman–Crippen LogP) is 0.584. The van der Waals surface area contributed by atoms with E-state index < -0.39 is 16.7 Å². The van der Waals surface area contributed by atoms with E-state index in [1.807, 2.05) is 0 Å². The van der Waals surface area contributed by atoms with Gasteiger partial charge in [0.25, 0.3) is 5.69 Å². The number of esters is 1. The summed E-state index contributed by atoms with van der Waals surface area (Å²) in [6.07, 6.45) is 2.68. The number of nitrogens with two attached hydrogens (primary N) is 2. The Bertz CT molecular complexity index is 626. The first-order valence-electron chi connectivity index (χ1n) is 7.87. The second-order valence-corrected chi connectivity index (χ2v) is 5.78. The van der Waals surface area contributed by atoms with Gasteiger partial charge in [-0.15, -0.1) is 0 Å². The summed E-state index contributed by atoms with van der Waals surface area (Å²) in [6, 6.07) is 2.69. The van der Waals surface area contributed by atoms with Crippen molar-refractivity contribution < 1.29 is 24.0 Å². The normalized spacial score (nSPS) is 9.56. The number of hydrogen-bond donors (Lipinski definition) is 3. The summed E-state index contributed by atoms with van der Waals surface area (Å²) >= 11 is 1.17. The van der Waals surface area contributed by atoms with Crippen molar-refractivity contribution in [3.63, 3.8) is 0 Å². The van der Waals surface area contributed by atoms with Crippen molar-refractivity contribution in [3.8, 4) is 0 Å². The standard InChI is InChI=1S/C10H18N2O4S.C5H5N3O2/c1-16-10(15)8(13)4-2-3-5-9(14)12-6-7-17-11;6-5-2-1-4(3-7-5)8(9)10/h2-7,11H2,1H3,(H,12,14);1-3H,(H2,6,7). The summed E-state index contributed by atoms with van der Waals surface area (Å²) in [7, 11) is 1.17. The lowest BCUT2D eigenvalue weighted by Crippen LogP contribution is -2.25. The first-order chi connectivity index (χ1) is 12.8. The molecular formula is C15H23N5O6S. The molecule has 0 aliphatic heterocycles. The largest absolute Gasteiger partial charge is 0.463 e. The number of ether oxygens (including phenoxy) is 1. The Morgan fingerprint density at radius 1 is 1.30 bits per heavy atom. The Kier molecular flexibility index (Phi) is 13.0. The molecule has 0 radical (unpaired) electrons. The molecule has 11 nitrogen and oxygen atoms in total. The number of amides is 1. The van der Waals surface area contributed by atoms with Crippen LogP contribution in [0.2, 0.25) is 0 Å². The first-order valence-corrected chi connectivity index (χ1v) is 8.92. The molecule has 150 valence electrons. The van der Waals surface area contributed by atoms with E-state index in [0.29, 0.717) is 31.6 Å². The van der Waals surface area contributed by atoms with Gasteiger partial charge in [0.15, 0.2) is 0 Å². The molecule has 0 aliphatic carbocycles. The SMILES string of the molecule is COC(=O)C(=O)CCCCC(=O)NCCSN.Nc1ccc([N+](=O)[O-])cn1. The van der Waals surface area contributed by atoms with Crippen LogP contribution in [0.25, 0.3) is 0 Å². The van der Waals surface area contributed by atoms with Gasteiger partial charge in [-0.05, 0) is 18.9 Å². The number of unbranched alkanes of at least 4 members (excludes halogenated alkanes) is 1. The summed E-state index contributed by atoms with van der Waals surface area (Å²) in [5, 5.41) is 17.9. The Balaban J connectivity index is 0.000000569. The molecule has 0 bridgehead atoms. The molecule has 0 aromatic carbocycles. The predicted molar refractivity (Wildman–Crippen MR) is 100 cm³/mol. The topological polar surface area (TPSA) is 181 Å². The van der Waals surface area contributed by atoms with E-state index in [1.165, 1.54) is 31.2 Å². The van der Waals surface area contributed by atoms with Crippen LogP contribution in [0.4, 0.5) is 11.5 Å². The van der Waals surface area contributed by atoms with E-state index in [9.17, 15) is 24.5 Å². The second-order valence-electron chi connectivity index (χ2n) is 5.04. The van der Waals surface area contributed by atoms with Crippen LogP contribution in [-0.4, -0.2) is 47.0 Å². The van der Waals surface area contributed by atoms with Crippen molar-refractivity contribution in [2.24, 2.45) is 5.14 Å². The number of methoxy groups -OCH3 is 1. The molecule has 1 rings (SSSR count). The van der Waals surface area contributed by atoms with Crippen molar-refractivity contribution >= 4 is 41.1 Å². The molecule has 1 aromatic heterocycles. The summed E-state index contributed by atoms with van der Waals surface area (Å²) in [5.41, 5.74) is 5.15. The highest BCUT2D eigenvalue weighted by atomic mass is 32.2. The average Bonchev–Trinajstić information content (AvgIpc) is 2.65. The highest BCUT2D eigenvalue weighted by Crippen LogP contribution is 2.08. The number of hydrogen-bond acceptors (Lipinski definition) is 10. The molecule has 0 atom stereocenters. The van der Waals surface area contributed by atoms with Gasteiger partial charge in [0.1, 0.15) is 12.0 Å². The van der Waals surface area contributed by atoms with Gasteiger partial charge in [-0.1, -0.05) is 11.9 Å². The van der Waals surface area contributed by atoms with Crippen LogP contribution in [-0.2, 0) is 19.1 Å². The number of nitrogens with one attached hydrogen (secondary N) is 1. The third-order valence-electron chi connectivity index (χ3n) is 2.99. The van der Waals surface area contributed by atoms with Crippen LogP contribution in [0.3, 0.4) is 0 Å². The molecule has 0 fully saturated rings. The van der Waals surface area contributed by atoms with Crippen LogP contribution in [0.15, 0.2) is 18.3 Å². The average molecular weight is 401 g/mol. The molecular weight excluding hydrogens is 378 g/mol. The minimum absolute atomic E-state index is 0.0470. The Hall–Kier alpha value is -2.73. The highest BCUT2D eigenvalue weighted by Gasteiger charge is 2.12. The van der Waals surface area contributed by atoms with Gasteiger partial charge < -0.3 is 15.8 Å². The maximum Gasteiger partial charge on any atom is 0.374 e. The molecule has 1 aromatic rings. The number of anilines is 1. The Labute approximate surface area is 160 Å². The van der Waals surface area contributed by atoms with Crippen LogP contribution in [0, 0.1) is 10.1 Å². The van der Waals surface area contributed by atoms with E-state index >= 15 is 0 Å². The third kappa shape index (κ3) is 12.3. The minimum atomic E-state index is -0.825. The van der Waals surface area contributed by atoms with Gasteiger partial charge >= 0.3 is 5.97 Å². The van der Waals surface area contributed by atoms with Gasteiger partial charge in [-0.25, -0.2) is 9.78 Å². The molecule has 5 N–H and O–H groups in total. The summed E-state index contributed by atoms with van der Waals surface area (Å²) in [5.74, 6) is -0.482. The quantitative estimate of drug-likeness (QED) is 0.125. The van der Waals surface area contributed by atoms with E-state index in [2.05, 4.69) is 15.0 Å². The van der Waals surface area contributed by atoms with Crippen LogP contribution < -0.4 is 16.2 Å². The zero-order chi connectivity index (χ0) is 20.7. The molecule has 27 heavy (non-hydrogen) atoms. The van der Waals surface area contributed by atoms with Gasteiger partial charge in [-0.2, -0.15) is 0 Å². The highest BCUT2D eigenvalue weighted by molar-refractivity contribution is 7.97. The zero-order valence-corrected chi connectivity index (χ0v) is 15.7. The van der Waals surface area contributed by atoms with Gasteiger partial charge in [0.2, 0.25) is 11.7 Å². The second kappa shape index (κ2) is 14.4. The summed E-state index contributed by atoms with van der Waals surface area (Å²) < 4.78 is 4.27. The van der Waals surface area contributed by atoms with Crippen LogP contribution in [0.5, 0.6) is 0 Å². The fourth-order valence-electron chi connectivity index (χ4n) is 1.63. The number of pyridine rings is 1. The Morgan fingerprint density at radius 3 is 2.48 bits per heavy atom. The molecule has 0 saturated heterocycles. The summed E-state index contributed by atoms with van der Waals surface area (Å²) in [4.78, 5) is 46.1. The van der Waals surface area contributed by atoms with Crippen molar-refractivity contribution in [1.82, 2.24) is 10.3 Å². The van der Waals surface area contributed by atoms with Crippen molar-refractivity contribution in [2.45, 2.75) is 25.7 Å². The number of Topliss-reactive ketones (excluding diaryl/α,β-unsaturated/α-hetero) is 1. The monoisotopic (exact) mass is 401 g/mol. The van der Waals surface area contributed by atoms with Crippen molar-refractivity contribution in [2.75, 3.05) is 25.1 Å². The van der Waals surface area contributed by atoms with Crippen molar-refractivity contribution in [1.29, 1.82) is 0 Å². The maximum absolute atomic E-state index is 11.2. The lowest BCUT2D eigenvalue weighted by atomic mass is 10.1. The third-order valence-corrected chi connectivity index (χ3v) is 3.43. The zero-order valence-electron chi connectivity index (χ0n) is 14.9. The lowest BCUT2D eigenvalue weighted by molar-refractivity contribution is -0.385. The number of rotatable bonds is 10. The Morgan fingerprint density at radius 2 is 1.96 bits per heavy atom. The maximum atomic E-state index is 11.2.